The van der Waals surface area contributed by atoms with Gasteiger partial charge in [-0.15, -0.1) is 0 Å². The second-order valence-corrected chi connectivity index (χ2v) is 5.52. The quantitative estimate of drug-likeness (QED) is 0.643. The van der Waals surface area contributed by atoms with Gasteiger partial charge in [-0.2, -0.15) is 5.10 Å². The standard InChI is InChI=1S/C19H16N4O4/c1-27-15-8-6-14(7-9-15)20-18(25)12-2-4-13(5-3-12)21-19(26)16-10-11-17(24)23-22-16/h2-11H,1H3,(H,20,25)(H,21,26)(H,23,24). The van der Waals surface area contributed by atoms with Crippen molar-refractivity contribution in [3.8, 4) is 5.75 Å². The van der Waals surface area contributed by atoms with Crippen LogP contribution in [-0.4, -0.2) is 29.1 Å². The molecule has 0 bridgehead atoms. The third-order valence-corrected chi connectivity index (χ3v) is 3.66. The van der Waals surface area contributed by atoms with Gasteiger partial charge in [-0.3, -0.25) is 14.4 Å². The molecule has 0 aliphatic rings. The largest absolute Gasteiger partial charge is 0.497 e. The van der Waals surface area contributed by atoms with Gasteiger partial charge >= 0.3 is 0 Å². The summed E-state index contributed by atoms with van der Waals surface area (Å²) in [4.78, 5) is 35.3. The number of H-pyrrole nitrogens is 1. The molecule has 0 aliphatic carbocycles. The monoisotopic (exact) mass is 364 g/mol. The highest BCUT2D eigenvalue weighted by molar-refractivity contribution is 6.05. The van der Waals surface area contributed by atoms with Crippen molar-refractivity contribution in [1.29, 1.82) is 0 Å². The fourth-order valence-electron chi connectivity index (χ4n) is 2.25. The molecule has 3 aromatic rings. The Morgan fingerprint density at radius 3 is 2.00 bits per heavy atom. The lowest BCUT2D eigenvalue weighted by atomic mass is 10.2. The van der Waals surface area contributed by atoms with Crippen LogP contribution in [0.2, 0.25) is 0 Å². The molecule has 136 valence electrons. The number of anilines is 2. The number of rotatable bonds is 5. The number of aromatic amines is 1. The van der Waals surface area contributed by atoms with E-state index in [1.54, 1.807) is 55.6 Å². The van der Waals surface area contributed by atoms with Crippen LogP contribution in [0.1, 0.15) is 20.8 Å². The molecule has 1 heterocycles. The summed E-state index contributed by atoms with van der Waals surface area (Å²) in [7, 11) is 1.57. The molecule has 0 atom stereocenters. The van der Waals surface area contributed by atoms with Crippen molar-refractivity contribution in [3.63, 3.8) is 0 Å². The SMILES string of the molecule is COc1ccc(NC(=O)c2ccc(NC(=O)c3ccc(=O)[nH]n3)cc2)cc1. The zero-order valence-electron chi connectivity index (χ0n) is 14.4. The van der Waals surface area contributed by atoms with Crippen LogP contribution in [0, 0.1) is 0 Å². The van der Waals surface area contributed by atoms with E-state index >= 15 is 0 Å². The molecule has 0 radical (unpaired) electrons. The number of hydrogen-bond acceptors (Lipinski definition) is 5. The molecule has 0 aliphatic heterocycles. The number of ether oxygens (including phenoxy) is 1. The molecule has 0 spiro atoms. The van der Waals surface area contributed by atoms with Crippen LogP contribution in [0.4, 0.5) is 11.4 Å². The van der Waals surface area contributed by atoms with E-state index in [9.17, 15) is 14.4 Å². The van der Waals surface area contributed by atoms with Crippen LogP contribution in [0.15, 0.2) is 65.5 Å². The van der Waals surface area contributed by atoms with Gasteiger partial charge in [0.2, 0.25) is 0 Å². The highest BCUT2D eigenvalue weighted by Crippen LogP contribution is 2.17. The Hall–Kier alpha value is -3.94. The fraction of sp³-hybridized carbons (Fsp3) is 0.0526. The summed E-state index contributed by atoms with van der Waals surface area (Å²) in [5.41, 5.74) is 1.26. The summed E-state index contributed by atoms with van der Waals surface area (Å²) in [5, 5.41) is 11.3. The van der Waals surface area contributed by atoms with Gasteiger partial charge in [0.15, 0.2) is 0 Å². The van der Waals surface area contributed by atoms with Gasteiger partial charge in [-0.1, -0.05) is 0 Å². The third-order valence-electron chi connectivity index (χ3n) is 3.66. The highest BCUT2D eigenvalue weighted by Gasteiger charge is 2.10. The summed E-state index contributed by atoms with van der Waals surface area (Å²) in [6, 6.07) is 15.9. The second kappa shape index (κ2) is 7.96. The lowest BCUT2D eigenvalue weighted by molar-refractivity contribution is 0.101. The number of carbonyl (C=O) groups excluding carboxylic acids is 2. The predicted octanol–water partition coefficient (Wildman–Crippen LogP) is 2.28. The smallest absolute Gasteiger partial charge is 0.276 e. The number of hydrogen-bond donors (Lipinski definition) is 3. The minimum absolute atomic E-state index is 0.0796. The van der Waals surface area contributed by atoms with E-state index in [0.717, 1.165) is 0 Å². The van der Waals surface area contributed by atoms with Crippen molar-refractivity contribution in [2.24, 2.45) is 0 Å². The van der Waals surface area contributed by atoms with Crippen LogP contribution < -0.4 is 20.9 Å². The number of methoxy groups -OCH3 is 1. The third kappa shape index (κ3) is 4.57. The van der Waals surface area contributed by atoms with Gasteiger partial charge in [0.1, 0.15) is 11.4 Å². The first-order valence-electron chi connectivity index (χ1n) is 7.98. The molecule has 3 rings (SSSR count). The van der Waals surface area contributed by atoms with Gasteiger partial charge in [-0.05, 0) is 54.6 Å². The lowest BCUT2D eigenvalue weighted by Crippen LogP contribution is -2.17. The zero-order valence-corrected chi connectivity index (χ0v) is 14.4. The summed E-state index contributed by atoms with van der Waals surface area (Å²) >= 11 is 0. The molecule has 27 heavy (non-hydrogen) atoms. The number of amides is 2. The second-order valence-electron chi connectivity index (χ2n) is 5.52. The first-order valence-corrected chi connectivity index (χ1v) is 7.98. The first kappa shape index (κ1) is 17.9. The Labute approximate surface area is 154 Å². The van der Waals surface area contributed by atoms with Crippen LogP contribution in [-0.2, 0) is 0 Å². The first-order chi connectivity index (χ1) is 13.0. The minimum atomic E-state index is -0.471. The number of aromatic nitrogens is 2. The predicted molar refractivity (Wildman–Crippen MR) is 100 cm³/mol. The summed E-state index contributed by atoms with van der Waals surface area (Å²) in [5.74, 6) is -0.0490. The Morgan fingerprint density at radius 1 is 0.852 bits per heavy atom. The van der Waals surface area contributed by atoms with Crippen molar-refractivity contribution >= 4 is 23.2 Å². The van der Waals surface area contributed by atoms with Crippen LogP contribution in [0.3, 0.4) is 0 Å². The number of benzene rings is 2. The van der Waals surface area contributed by atoms with Gasteiger partial charge < -0.3 is 15.4 Å². The summed E-state index contributed by atoms with van der Waals surface area (Å²) in [6.07, 6.45) is 0. The van der Waals surface area contributed by atoms with Gasteiger partial charge in [0.25, 0.3) is 17.4 Å². The maximum Gasteiger partial charge on any atom is 0.276 e. The van der Waals surface area contributed by atoms with Crippen molar-refractivity contribution < 1.29 is 14.3 Å². The molecule has 8 heteroatoms. The van der Waals surface area contributed by atoms with Crippen molar-refractivity contribution in [2.45, 2.75) is 0 Å². The van der Waals surface area contributed by atoms with Gasteiger partial charge in [0.05, 0.1) is 7.11 Å². The van der Waals surface area contributed by atoms with E-state index in [4.69, 9.17) is 4.74 Å². The molecule has 2 amide bonds. The van der Waals surface area contributed by atoms with E-state index in [1.807, 2.05) is 0 Å². The molecule has 1 aromatic heterocycles. The highest BCUT2D eigenvalue weighted by atomic mass is 16.5. The molecular formula is C19H16N4O4. The molecule has 2 aromatic carbocycles. The Morgan fingerprint density at radius 2 is 1.44 bits per heavy atom. The molecule has 0 saturated heterocycles. The average molecular weight is 364 g/mol. The van der Waals surface area contributed by atoms with Crippen molar-refractivity contribution in [3.05, 3.63) is 82.3 Å². The summed E-state index contributed by atoms with van der Waals surface area (Å²) < 4.78 is 5.07. The molecule has 8 nitrogen and oxygen atoms in total. The molecule has 0 saturated carbocycles. The van der Waals surface area contributed by atoms with Gasteiger partial charge in [-0.25, -0.2) is 5.10 Å². The van der Waals surface area contributed by atoms with E-state index < -0.39 is 11.5 Å². The molecule has 0 fully saturated rings. The van der Waals surface area contributed by atoms with E-state index in [1.165, 1.54) is 12.1 Å². The number of carbonyl (C=O) groups is 2. The van der Waals surface area contributed by atoms with Gasteiger partial charge in [0, 0.05) is 23.0 Å². The van der Waals surface area contributed by atoms with E-state index in [2.05, 4.69) is 20.8 Å². The van der Waals surface area contributed by atoms with E-state index in [-0.39, 0.29) is 11.6 Å². The normalized spacial score (nSPS) is 10.1. The Kier molecular flexibility index (Phi) is 5.27. The molecular weight excluding hydrogens is 348 g/mol. The lowest BCUT2D eigenvalue weighted by Gasteiger charge is -2.08. The van der Waals surface area contributed by atoms with Crippen LogP contribution in [0.5, 0.6) is 5.75 Å². The van der Waals surface area contributed by atoms with Crippen LogP contribution >= 0.6 is 0 Å². The molecule has 3 N–H and O–H groups in total. The Bertz CT molecular complexity index is 991. The average Bonchev–Trinajstić information content (AvgIpc) is 2.69. The minimum Gasteiger partial charge on any atom is -0.497 e. The van der Waals surface area contributed by atoms with Crippen molar-refractivity contribution in [2.75, 3.05) is 17.7 Å². The maximum absolute atomic E-state index is 12.3. The fourth-order valence-corrected chi connectivity index (χ4v) is 2.25. The van der Waals surface area contributed by atoms with Crippen LogP contribution in [0.25, 0.3) is 0 Å². The summed E-state index contributed by atoms with van der Waals surface area (Å²) in [6.45, 7) is 0. The van der Waals surface area contributed by atoms with Crippen molar-refractivity contribution in [1.82, 2.24) is 10.2 Å². The van der Waals surface area contributed by atoms with E-state index in [0.29, 0.717) is 22.7 Å². The Balaban J connectivity index is 1.63. The maximum atomic E-state index is 12.3. The topological polar surface area (TPSA) is 113 Å². The molecule has 0 unspecified atom stereocenters. The zero-order chi connectivity index (χ0) is 19.2. The number of nitrogens with zero attached hydrogens (tertiary/aromatic N) is 1. The number of nitrogens with one attached hydrogen (secondary N) is 3.